The van der Waals surface area contributed by atoms with Crippen molar-refractivity contribution in [3.8, 4) is 11.1 Å². The summed E-state index contributed by atoms with van der Waals surface area (Å²) in [4.78, 5) is 30.1. The smallest absolute Gasteiger partial charge is 0.419 e. The molecule has 1 N–H and O–H groups in total. The zero-order valence-corrected chi connectivity index (χ0v) is 20.9. The first kappa shape index (κ1) is 23.6. The summed E-state index contributed by atoms with van der Waals surface area (Å²) in [6, 6.07) is 17.5. The van der Waals surface area contributed by atoms with Crippen LogP contribution in [0, 0.1) is 0 Å². The Morgan fingerprint density at radius 1 is 1.06 bits per heavy atom. The van der Waals surface area contributed by atoms with Gasteiger partial charge in [-0.2, -0.15) is 0 Å². The SMILES string of the molecule is COC(=O)c1cc(C2CC2)cnc1Nc1cc(-c2ccccc2)c2c(ccn2C(=O)OC(C)(C)C)c1. The fourth-order valence-electron chi connectivity index (χ4n) is 4.28. The molecule has 0 amide bonds. The molecule has 2 aromatic heterocycles. The second-order valence-corrected chi connectivity index (χ2v) is 10.0. The molecule has 7 nitrogen and oxygen atoms in total. The number of aromatic nitrogens is 2. The number of fused-ring (bicyclic) bond motifs is 1. The van der Waals surface area contributed by atoms with Crippen molar-refractivity contribution in [2.45, 2.75) is 45.1 Å². The molecule has 36 heavy (non-hydrogen) atoms. The van der Waals surface area contributed by atoms with E-state index in [2.05, 4.69) is 10.3 Å². The Kier molecular flexibility index (Phi) is 6.00. The molecule has 0 saturated heterocycles. The number of anilines is 2. The van der Waals surface area contributed by atoms with Crippen molar-refractivity contribution >= 4 is 34.5 Å². The highest BCUT2D eigenvalue weighted by Crippen LogP contribution is 2.41. The summed E-state index contributed by atoms with van der Waals surface area (Å²) < 4.78 is 12.2. The van der Waals surface area contributed by atoms with Crippen molar-refractivity contribution < 1.29 is 19.1 Å². The number of esters is 1. The Labute approximate surface area is 210 Å². The average molecular weight is 484 g/mol. The summed E-state index contributed by atoms with van der Waals surface area (Å²) in [5.41, 5.74) is 4.10. The minimum absolute atomic E-state index is 0.398. The van der Waals surface area contributed by atoms with Gasteiger partial charge in [0.2, 0.25) is 0 Å². The predicted octanol–water partition coefficient (Wildman–Crippen LogP) is 6.89. The number of hydrogen-bond acceptors (Lipinski definition) is 6. The van der Waals surface area contributed by atoms with Crippen LogP contribution < -0.4 is 5.32 Å². The molecule has 1 saturated carbocycles. The number of pyridine rings is 1. The van der Waals surface area contributed by atoms with Gasteiger partial charge in [0.1, 0.15) is 17.0 Å². The summed E-state index contributed by atoms with van der Waals surface area (Å²) in [5, 5.41) is 4.16. The lowest BCUT2D eigenvalue weighted by Crippen LogP contribution is -2.26. The number of ether oxygens (including phenoxy) is 2. The molecule has 2 aromatic carbocycles. The molecule has 0 atom stereocenters. The van der Waals surface area contributed by atoms with E-state index in [1.165, 1.54) is 11.7 Å². The number of carbonyl (C=O) groups excluding carboxylic acids is 2. The van der Waals surface area contributed by atoms with Crippen LogP contribution in [0.3, 0.4) is 0 Å². The van der Waals surface area contributed by atoms with Gasteiger partial charge in [-0.05, 0) is 74.9 Å². The second kappa shape index (κ2) is 9.15. The summed E-state index contributed by atoms with van der Waals surface area (Å²) in [6.45, 7) is 5.53. The molecule has 7 heteroatoms. The van der Waals surface area contributed by atoms with Crippen molar-refractivity contribution in [3.05, 3.63) is 78.1 Å². The summed E-state index contributed by atoms with van der Waals surface area (Å²) in [7, 11) is 1.37. The number of carbonyl (C=O) groups is 2. The van der Waals surface area contributed by atoms with E-state index in [4.69, 9.17) is 9.47 Å². The molecular formula is C29H29N3O4. The largest absolute Gasteiger partial charge is 0.465 e. The van der Waals surface area contributed by atoms with Gasteiger partial charge in [-0.15, -0.1) is 0 Å². The van der Waals surface area contributed by atoms with Crippen LogP contribution in [-0.4, -0.2) is 34.3 Å². The normalized spacial score (nSPS) is 13.4. The highest BCUT2D eigenvalue weighted by atomic mass is 16.6. The Morgan fingerprint density at radius 2 is 1.81 bits per heavy atom. The monoisotopic (exact) mass is 483 g/mol. The van der Waals surface area contributed by atoms with Crippen molar-refractivity contribution in [1.29, 1.82) is 0 Å². The van der Waals surface area contributed by atoms with Gasteiger partial charge in [0.15, 0.2) is 0 Å². The second-order valence-electron chi connectivity index (χ2n) is 10.0. The maximum absolute atomic E-state index is 13.0. The van der Waals surface area contributed by atoms with Crippen molar-refractivity contribution in [2.24, 2.45) is 0 Å². The molecule has 1 fully saturated rings. The van der Waals surface area contributed by atoms with Crippen LogP contribution in [0.4, 0.5) is 16.3 Å². The number of nitrogens with one attached hydrogen (secondary N) is 1. The van der Waals surface area contributed by atoms with Gasteiger partial charge >= 0.3 is 12.1 Å². The van der Waals surface area contributed by atoms with Crippen LogP contribution in [-0.2, 0) is 9.47 Å². The van der Waals surface area contributed by atoms with Gasteiger partial charge in [-0.25, -0.2) is 14.6 Å². The third-order valence-electron chi connectivity index (χ3n) is 6.08. The van der Waals surface area contributed by atoms with Gasteiger partial charge in [-0.3, -0.25) is 4.57 Å². The lowest BCUT2D eigenvalue weighted by atomic mass is 10.0. The van der Waals surface area contributed by atoms with Gasteiger partial charge in [0.25, 0.3) is 0 Å². The van der Waals surface area contributed by atoms with E-state index in [1.54, 1.807) is 6.20 Å². The van der Waals surface area contributed by atoms with E-state index < -0.39 is 17.7 Å². The Hall–Kier alpha value is -4.13. The first-order valence-electron chi connectivity index (χ1n) is 12.0. The fourth-order valence-corrected chi connectivity index (χ4v) is 4.28. The minimum Gasteiger partial charge on any atom is -0.465 e. The van der Waals surface area contributed by atoms with Crippen molar-refractivity contribution in [3.63, 3.8) is 0 Å². The molecular weight excluding hydrogens is 454 g/mol. The van der Waals surface area contributed by atoms with Gasteiger partial charge in [-0.1, -0.05) is 30.3 Å². The average Bonchev–Trinajstić information content (AvgIpc) is 3.61. The lowest BCUT2D eigenvalue weighted by Gasteiger charge is -2.20. The van der Waals surface area contributed by atoms with Crippen LogP contribution in [0.15, 0.2) is 67.0 Å². The predicted molar refractivity (Wildman–Crippen MR) is 140 cm³/mol. The van der Waals surface area contributed by atoms with Crippen LogP contribution in [0.25, 0.3) is 22.0 Å². The van der Waals surface area contributed by atoms with E-state index in [9.17, 15) is 9.59 Å². The third kappa shape index (κ3) is 4.82. The van der Waals surface area contributed by atoms with Crippen LogP contribution in [0.5, 0.6) is 0 Å². The Bertz CT molecular complexity index is 1450. The molecule has 0 aliphatic heterocycles. The Morgan fingerprint density at radius 3 is 2.47 bits per heavy atom. The quantitative estimate of drug-likeness (QED) is 0.311. The van der Waals surface area contributed by atoms with Crippen LogP contribution >= 0.6 is 0 Å². The molecule has 1 aliphatic carbocycles. The zero-order valence-electron chi connectivity index (χ0n) is 20.9. The first-order valence-corrected chi connectivity index (χ1v) is 12.0. The third-order valence-corrected chi connectivity index (χ3v) is 6.08. The zero-order chi connectivity index (χ0) is 25.4. The number of rotatable bonds is 5. The molecule has 4 aromatic rings. The van der Waals surface area contributed by atoms with Gasteiger partial charge in [0.05, 0.1) is 12.6 Å². The number of benzene rings is 2. The summed E-state index contributed by atoms with van der Waals surface area (Å²) in [5.74, 6) is 0.452. The molecule has 1 aliphatic rings. The van der Waals surface area contributed by atoms with E-state index in [0.29, 0.717) is 17.3 Å². The number of methoxy groups -OCH3 is 1. The van der Waals surface area contributed by atoms with Gasteiger partial charge < -0.3 is 14.8 Å². The molecule has 0 unspecified atom stereocenters. The maximum atomic E-state index is 13.0. The molecule has 2 heterocycles. The number of nitrogens with zero attached hydrogens (tertiary/aromatic N) is 2. The molecule has 5 rings (SSSR count). The highest BCUT2D eigenvalue weighted by Gasteiger charge is 2.27. The van der Waals surface area contributed by atoms with Gasteiger partial charge in [0, 0.05) is 29.0 Å². The Balaban J connectivity index is 1.61. The topological polar surface area (TPSA) is 82.5 Å². The highest BCUT2D eigenvalue weighted by molar-refractivity contribution is 6.03. The maximum Gasteiger partial charge on any atom is 0.419 e. The van der Waals surface area contributed by atoms with E-state index >= 15 is 0 Å². The van der Waals surface area contributed by atoms with E-state index in [-0.39, 0.29) is 0 Å². The van der Waals surface area contributed by atoms with Crippen LogP contribution in [0.1, 0.15) is 55.5 Å². The summed E-state index contributed by atoms with van der Waals surface area (Å²) >= 11 is 0. The minimum atomic E-state index is -0.620. The number of hydrogen-bond donors (Lipinski definition) is 1. The summed E-state index contributed by atoms with van der Waals surface area (Å²) in [6.07, 6.45) is 5.32. The fraction of sp³-hybridized carbons (Fsp3) is 0.276. The van der Waals surface area contributed by atoms with Crippen molar-refractivity contribution in [2.75, 3.05) is 12.4 Å². The molecule has 0 spiro atoms. The van der Waals surface area contributed by atoms with Crippen LogP contribution in [0.2, 0.25) is 0 Å². The first-order chi connectivity index (χ1) is 17.2. The molecule has 0 bridgehead atoms. The molecule has 184 valence electrons. The van der Waals surface area contributed by atoms with Crippen molar-refractivity contribution in [1.82, 2.24) is 9.55 Å². The van der Waals surface area contributed by atoms with E-state index in [0.717, 1.165) is 46.1 Å². The van der Waals surface area contributed by atoms with E-state index in [1.807, 2.05) is 81.6 Å². The molecule has 0 radical (unpaired) electrons. The standard InChI is InChI=1S/C29H29N3O4/c1-29(2,3)36-28(34)32-13-12-20-14-22(16-23(25(20)32)19-8-6-5-7-9-19)31-26-24(27(33)35-4)15-21(17-30-26)18-10-11-18/h5-9,12-18H,10-11H2,1-4H3,(H,30,31). The lowest BCUT2D eigenvalue weighted by molar-refractivity contribution is 0.0543.